The van der Waals surface area contributed by atoms with Gasteiger partial charge in [0.25, 0.3) is 0 Å². The highest BCUT2D eigenvalue weighted by Crippen LogP contribution is 2.33. The van der Waals surface area contributed by atoms with Crippen LogP contribution in [0.4, 0.5) is 5.69 Å². The van der Waals surface area contributed by atoms with Gasteiger partial charge in [-0.1, -0.05) is 44.4 Å². The van der Waals surface area contributed by atoms with Gasteiger partial charge in [0.15, 0.2) is 0 Å². The second-order valence-electron chi connectivity index (χ2n) is 5.15. The molecule has 0 saturated carbocycles. The number of para-hydroxylation sites is 1. The third-order valence-electron chi connectivity index (χ3n) is 3.61. The first-order valence-corrected chi connectivity index (χ1v) is 7.29. The maximum atomic E-state index is 11.8. The van der Waals surface area contributed by atoms with Gasteiger partial charge in [-0.2, -0.15) is 0 Å². The van der Waals surface area contributed by atoms with Crippen LogP contribution in [0.15, 0.2) is 24.3 Å². The van der Waals surface area contributed by atoms with E-state index in [1.54, 1.807) is 0 Å². The molecule has 0 bridgehead atoms. The molecule has 2 rings (SSSR count). The molecule has 3 heteroatoms. The number of fused-ring (bicyclic) bond motifs is 1. The number of unbranched alkanes of at least 4 members (excludes halogenated alkanes) is 3. The summed E-state index contributed by atoms with van der Waals surface area (Å²) in [5.74, 6) is 0.194. The van der Waals surface area contributed by atoms with Gasteiger partial charge < -0.3 is 10.1 Å². The average molecular weight is 261 g/mol. The molecule has 0 amide bonds. The van der Waals surface area contributed by atoms with E-state index in [1.807, 2.05) is 12.1 Å². The molecule has 1 aliphatic rings. The summed E-state index contributed by atoms with van der Waals surface area (Å²) in [4.78, 5) is 11.8. The molecule has 1 atom stereocenters. The number of rotatable bonds is 7. The summed E-state index contributed by atoms with van der Waals surface area (Å²) in [7, 11) is 0. The molecule has 1 N–H and O–H groups in total. The molecule has 0 radical (unpaired) electrons. The molecule has 1 unspecified atom stereocenters. The van der Waals surface area contributed by atoms with Gasteiger partial charge in [-0.25, -0.2) is 0 Å². The summed E-state index contributed by atoms with van der Waals surface area (Å²) in [6.07, 6.45) is 5.05. The standard InChI is InChI=1S/C16H23NO2/c1-2-3-4-7-10-19-16(18)11-13-12-17-15-9-6-5-8-14(13)15/h5-6,8-9,13,17H,2-4,7,10-12H2,1H3. The SMILES string of the molecule is CCCCCCOC(=O)CC1CNc2ccccc21. The second-order valence-corrected chi connectivity index (χ2v) is 5.15. The Morgan fingerprint density at radius 3 is 3.00 bits per heavy atom. The van der Waals surface area contributed by atoms with Gasteiger partial charge in [0.05, 0.1) is 13.0 Å². The predicted octanol–water partition coefficient (Wildman–Crippen LogP) is 3.71. The number of ether oxygens (including phenoxy) is 1. The van der Waals surface area contributed by atoms with Gasteiger partial charge in [-0.05, 0) is 18.1 Å². The van der Waals surface area contributed by atoms with Gasteiger partial charge in [0.2, 0.25) is 0 Å². The van der Waals surface area contributed by atoms with Gasteiger partial charge in [0.1, 0.15) is 0 Å². The Morgan fingerprint density at radius 2 is 2.16 bits per heavy atom. The predicted molar refractivity (Wildman–Crippen MR) is 77.4 cm³/mol. The molecule has 0 spiro atoms. The Morgan fingerprint density at radius 1 is 1.32 bits per heavy atom. The molecule has 19 heavy (non-hydrogen) atoms. The van der Waals surface area contributed by atoms with Crippen LogP contribution in [-0.2, 0) is 9.53 Å². The number of anilines is 1. The lowest BCUT2D eigenvalue weighted by Gasteiger charge is -2.10. The van der Waals surface area contributed by atoms with Crippen molar-refractivity contribution in [2.24, 2.45) is 0 Å². The highest BCUT2D eigenvalue weighted by atomic mass is 16.5. The van der Waals surface area contributed by atoms with Crippen LogP contribution in [-0.4, -0.2) is 19.1 Å². The number of carbonyl (C=O) groups is 1. The second kappa shape index (κ2) is 7.17. The van der Waals surface area contributed by atoms with E-state index < -0.39 is 0 Å². The maximum Gasteiger partial charge on any atom is 0.306 e. The van der Waals surface area contributed by atoms with E-state index in [0.29, 0.717) is 13.0 Å². The molecule has 0 fully saturated rings. The number of carbonyl (C=O) groups excluding carboxylic acids is 1. The van der Waals surface area contributed by atoms with Crippen LogP contribution in [0.5, 0.6) is 0 Å². The van der Waals surface area contributed by atoms with Crippen LogP contribution < -0.4 is 5.32 Å². The number of hydrogen-bond donors (Lipinski definition) is 1. The fraction of sp³-hybridized carbons (Fsp3) is 0.562. The zero-order valence-electron chi connectivity index (χ0n) is 11.7. The fourth-order valence-electron chi connectivity index (χ4n) is 2.51. The maximum absolute atomic E-state index is 11.8. The molecule has 104 valence electrons. The van der Waals surface area contributed by atoms with Crippen LogP contribution in [0.2, 0.25) is 0 Å². The first-order chi connectivity index (χ1) is 9.31. The quantitative estimate of drug-likeness (QED) is 0.600. The topological polar surface area (TPSA) is 38.3 Å². The Hall–Kier alpha value is -1.51. The normalized spacial score (nSPS) is 16.8. The molecule has 0 aliphatic carbocycles. The summed E-state index contributed by atoms with van der Waals surface area (Å²) < 4.78 is 5.30. The first kappa shape index (κ1) is 13.9. The van der Waals surface area contributed by atoms with E-state index in [9.17, 15) is 4.79 Å². The molecule has 0 saturated heterocycles. The fourth-order valence-corrected chi connectivity index (χ4v) is 2.51. The van der Waals surface area contributed by atoms with Crippen molar-refractivity contribution in [3.63, 3.8) is 0 Å². The monoisotopic (exact) mass is 261 g/mol. The molecule has 0 aromatic heterocycles. The zero-order chi connectivity index (χ0) is 13.5. The summed E-state index contributed by atoms with van der Waals surface area (Å²) in [6, 6.07) is 8.19. The van der Waals surface area contributed by atoms with Crippen LogP contribution >= 0.6 is 0 Å². The summed E-state index contributed by atoms with van der Waals surface area (Å²) in [5, 5.41) is 3.33. The Balaban J connectivity index is 1.72. The molecule has 1 heterocycles. The Labute approximate surface area is 115 Å². The first-order valence-electron chi connectivity index (χ1n) is 7.29. The van der Waals surface area contributed by atoms with Crippen molar-refractivity contribution in [1.29, 1.82) is 0 Å². The minimum absolute atomic E-state index is 0.0694. The average Bonchev–Trinajstić information content (AvgIpc) is 2.82. The van der Waals surface area contributed by atoms with Crippen molar-refractivity contribution >= 4 is 11.7 Å². The molecular weight excluding hydrogens is 238 g/mol. The van der Waals surface area contributed by atoms with Crippen LogP contribution in [0, 0.1) is 0 Å². The third-order valence-corrected chi connectivity index (χ3v) is 3.61. The third kappa shape index (κ3) is 3.98. The number of hydrogen-bond acceptors (Lipinski definition) is 3. The molecule has 3 nitrogen and oxygen atoms in total. The minimum atomic E-state index is -0.0694. The van der Waals surface area contributed by atoms with Crippen molar-refractivity contribution in [3.05, 3.63) is 29.8 Å². The molecule has 1 aromatic rings. The number of benzene rings is 1. The van der Waals surface area contributed by atoms with Gasteiger partial charge in [-0.15, -0.1) is 0 Å². The van der Waals surface area contributed by atoms with Gasteiger partial charge in [-0.3, -0.25) is 4.79 Å². The zero-order valence-corrected chi connectivity index (χ0v) is 11.7. The molecule has 1 aromatic carbocycles. The summed E-state index contributed by atoms with van der Waals surface area (Å²) in [5.41, 5.74) is 2.40. The van der Waals surface area contributed by atoms with Crippen LogP contribution in [0.25, 0.3) is 0 Å². The van der Waals surface area contributed by atoms with Crippen molar-refractivity contribution in [3.8, 4) is 0 Å². The van der Waals surface area contributed by atoms with E-state index in [4.69, 9.17) is 4.74 Å². The van der Waals surface area contributed by atoms with Crippen LogP contribution in [0.3, 0.4) is 0 Å². The van der Waals surface area contributed by atoms with Crippen molar-refractivity contribution < 1.29 is 9.53 Å². The minimum Gasteiger partial charge on any atom is -0.466 e. The lowest BCUT2D eigenvalue weighted by atomic mass is 9.98. The lowest BCUT2D eigenvalue weighted by molar-refractivity contribution is -0.144. The van der Waals surface area contributed by atoms with Gasteiger partial charge >= 0.3 is 5.97 Å². The van der Waals surface area contributed by atoms with E-state index in [2.05, 4.69) is 24.4 Å². The van der Waals surface area contributed by atoms with E-state index in [-0.39, 0.29) is 11.9 Å². The number of nitrogens with one attached hydrogen (secondary N) is 1. The van der Waals surface area contributed by atoms with Crippen molar-refractivity contribution in [1.82, 2.24) is 0 Å². The summed E-state index contributed by atoms with van der Waals surface area (Å²) in [6.45, 7) is 3.58. The number of esters is 1. The van der Waals surface area contributed by atoms with Crippen molar-refractivity contribution in [2.45, 2.75) is 44.9 Å². The van der Waals surface area contributed by atoms with Gasteiger partial charge in [0, 0.05) is 18.2 Å². The largest absolute Gasteiger partial charge is 0.466 e. The van der Waals surface area contributed by atoms with E-state index in [1.165, 1.54) is 18.4 Å². The Bertz CT molecular complexity index is 417. The molecular formula is C16H23NO2. The van der Waals surface area contributed by atoms with Crippen LogP contribution in [0.1, 0.15) is 50.5 Å². The Kier molecular flexibility index (Phi) is 5.25. The highest BCUT2D eigenvalue weighted by Gasteiger charge is 2.24. The highest BCUT2D eigenvalue weighted by molar-refractivity contribution is 5.72. The van der Waals surface area contributed by atoms with Crippen molar-refractivity contribution in [2.75, 3.05) is 18.5 Å². The van der Waals surface area contributed by atoms with E-state index >= 15 is 0 Å². The lowest BCUT2D eigenvalue weighted by Crippen LogP contribution is -2.12. The summed E-state index contributed by atoms with van der Waals surface area (Å²) >= 11 is 0. The molecule has 1 aliphatic heterocycles. The smallest absolute Gasteiger partial charge is 0.306 e. The van der Waals surface area contributed by atoms with E-state index in [0.717, 1.165) is 25.1 Å².